The molecule has 0 aliphatic rings. The second kappa shape index (κ2) is 10.2. The molecule has 1 amide bonds. The molecule has 6 nitrogen and oxygen atoms in total. The van der Waals surface area contributed by atoms with Gasteiger partial charge in [0.05, 0.1) is 20.4 Å². The van der Waals surface area contributed by atoms with Crippen molar-refractivity contribution in [3.05, 3.63) is 59.2 Å². The first-order chi connectivity index (χ1) is 13.0. The van der Waals surface area contributed by atoms with Crippen molar-refractivity contribution >= 4 is 12.1 Å². The van der Waals surface area contributed by atoms with Crippen molar-refractivity contribution in [2.45, 2.75) is 26.3 Å². The average molecular weight is 370 g/mol. The zero-order chi connectivity index (χ0) is 19.6. The number of amides is 1. The van der Waals surface area contributed by atoms with Crippen LogP contribution in [0.3, 0.4) is 0 Å². The maximum Gasteiger partial charge on any atom is 0.261 e. The van der Waals surface area contributed by atoms with E-state index in [2.05, 4.69) is 36.5 Å². The first-order valence-electron chi connectivity index (χ1n) is 8.76. The van der Waals surface area contributed by atoms with Gasteiger partial charge in [-0.1, -0.05) is 49.3 Å². The Morgan fingerprint density at radius 3 is 2.41 bits per heavy atom. The van der Waals surface area contributed by atoms with Crippen molar-refractivity contribution in [1.82, 2.24) is 5.32 Å². The fourth-order valence-corrected chi connectivity index (χ4v) is 2.40. The molecule has 144 valence electrons. The van der Waals surface area contributed by atoms with Gasteiger partial charge in [-0.15, -0.1) is 0 Å². The van der Waals surface area contributed by atoms with Crippen LogP contribution in [0.2, 0.25) is 0 Å². The topological polar surface area (TPSA) is 69.2 Å². The minimum Gasteiger partial charge on any atom is -0.493 e. The summed E-state index contributed by atoms with van der Waals surface area (Å²) < 4.78 is 10.4. The molecule has 2 aromatic rings. The van der Waals surface area contributed by atoms with Crippen LogP contribution in [-0.4, -0.2) is 32.9 Å². The molecule has 0 aromatic heterocycles. The number of hydrogen-bond acceptors (Lipinski definition) is 5. The van der Waals surface area contributed by atoms with Gasteiger partial charge in [0.1, 0.15) is 0 Å². The molecular formula is C21H26N2O4. The highest BCUT2D eigenvalue weighted by Crippen LogP contribution is 2.27. The summed E-state index contributed by atoms with van der Waals surface area (Å²) in [5.74, 6) is 1.50. The number of ether oxygens (including phenoxy) is 2. The Morgan fingerprint density at radius 1 is 1.07 bits per heavy atom. The molecule has 0 spiro atoms. The number of methoxy groups -OCH3 is 2. The van der Waals surface area contributed by atoms with Gasteiger partial charge in [-0.2, -0.15) is 0 Å². The van der Waals surface area contributed by atoms with Crippen molar-refractivity contribution in [2.24, 2.45) is 5.16 Å². The van der Waals surface area contributed by atoms with Gasteiger partial charge in [-0.3, -0.25) is 4.79 Å². The summed E-state index contributed by atoms with van der Waals surface area (Å²) in [6.45, 7) is 4.51. The van der Waals surface area contributed by atoms with E-state index >= 15 is 0 Å². The standard InChI is InChI=1S/C21H26N2O4/c1-15(2)18-8-5-16(6-9-18)13-23-27-14-21(24)22-12-17-7-10-19(25-3)20(11-17)26-4/h5-11,13,15H,12,14H2,1-4H3,(H,22,24)/b23-13-. The van der Waals surface area contributed by atoms with E-state index in [1.807, 2.05) is 24.3 Å². The van der Waals surface area contributed by atoms with Crippen molar-refractivity contribution in [1.29, 1.82) is 0 Å². The number of hydrogen-bond donors (Lipinski definition) is 1. The number of carbonyl (C=O) groups excluding carboxylic acids is 1. The Labute approximate surface area is 160 Å². The Kier molecular flexibility index (Phi) is 7.67. The quantitative estimate of drug-likeness (QED) is 0.542. The lowest BCUT2D eigenvalue weighted by atomic mass is 10.0. The zero-order valence-corrected chi connectivity index (χ0v) is 16.2. The SMILES string of the molecule is COc1ccc(CNC(=O)CO/N=C\c2ccc(C(C)C)cc2)cc1OC. The molecule has 27 heavy (non-hydrogen) atoms. The predicted octanol–water partition coefficient (Wildman–Crippen LogP) is 3.49. The Balaban J connectivity index is 1.76. The maximum atomic E-state index is 11.9. The smallest absolute Gasteiger partial charge is 0.261 e. The minimum absolute atomic E-state index is 0.145. The van der Waals surface area contributed by atoms with E-state index in [4.69, 9.17) is 14.3 Å². The van der Waals surface area contributed by atoms with E-state index in [-0.39, 0.29) is 12.5 Å². The van der Waals surface area contributed by atoms with Gasteiger partial charge in [0.2, 0.25) is 0 Å². The molecule has 1 N–H and O–H groups in total. The minimum atomic E-state index is -0.253. The molecule has 2 rings (SSSR count). The third-order valence-electron chi connectivity index (χ3n) is 4.01. The van der Waals surface area contributed by atoms with Crippen LogP contribution in [0.5, 0.6) is 11.5 Å². The highest BCUT2D eigenvalue weighted by Gasteiger charge is 2.06. The summed E-state index contributed by atoms with van der Waals surface area (Å²) in [6, 6.07) is 13.5. The summed E-state index contributed by atoms with van der Waals surface area (Å²) in [4.78, 5) is 16.9. The second-order valence-electron chi connectivity index (χ2n) is 6.30. The van der Waals surface area contributed by atoms with Crippen molar-refractivity contribution in [3.63, 3.8) is 0 Å². The fraction of sp³-hybridized carbons (Fsp3) is 0.333. The molecule has 2 aromatic carbocycles. The molecule has 0 saturated carbocycles. The Hall–Kier alpha value is -3.02. The normalized spacial score (nSPS) is 10.9. The predicted molar refractivity (Wildman–Crippen MR) is 105 cm³/mol. The third-order valence-corrected chi connectivity index (χ3v) is 4.01. The number of nitrogens with one attached hydrogen (secondary N) is 1. The van der Waals surface area contributed by atoms with E-state index < -0.39 is 0 Å². The van der Waals surface area contributed by atoms with Crippen LogP contribution < -0.4 is 14.8 Å². The van der Waals surface area contributed by atoms with Gasteiger partial charge in [-0.05, 0) is 34.7 Å². The number of carbonyl (C=O) groups is 1. The summed E-state index contributed by atoms with van der Waals surface area (Å²) in [6.07, 6.45) is 1.59. The number of rotatable bonds is 9. The number of oxime groups is 1. The Bertz CT molecular complexity index is 770. The van der Waals surface area contributed by atoms with Gasteiger partial charge < -0.3 is 19.6 Å². The Morgan fingerprint density at radius 2 is 1.78 bits per heavy atom. The van der Waals surface area contributed by atoms with E-state index in [0.717, 1.165) is 11.1 Å². The van der Waals surface area contributed by atoms with Gasteiger partial charge in [0, 0.05) is 6.54 Å². The van der Waals surface area contributed by atoms with Crippen LogP contribution in [-0.2, 0) is 16.2 Å². The van der Waals surface area contributed by atoms with E-state index in [0.29, 0.717) is 24.0 Å². The molecule has 0 bridgehead atoms. The van der Waals surface area contributed by atoms with Crippen molar-refractivity contribution in [2.75, 3.05) is 20.8 Å². The largest absolute Gasteiger partial charge is 0.493 e. The average Bonchev–Trinajstić information content (AvgIpc) is 2.69. The lowest BCUT2D eigenvalue weighted by Crippen LogP contribution is -2.26. The molecule has 0 fully saturated rings. The van der Waals surface area contributed by atoms with Crippen LogP contribution in [0.1, 0.15) is 36.5 Å². The maximum absolute atomic E-state index is 11.9. The molecule has 6 heteroatoms. The van der Waals surface area contributed by atoms with Crippen LogP contribution >= 0.6 is 0 Å². The third kappa shape index (κ3) is 6.33. The lowest BCUT2D eigenvalue weighted by molar-refractivity contribution is -0.125. The number of nitrogens with zero attached hydrogens (tertiary/aromatic N) is 1. The van der Waals surface area contributed by atoms with E-state index in [9.17, 15) is 4.79 Å². The molecule has 0 unspecified atom stereocenters. The first kappa shape index (κ1) is 20.3. The van der Waals surface area contributed by atoms with Gasteiger partial charge in [0.25, 0.3) is 5.91 Å². The molecule has 0 aliphatic heterocycles. The first-order valence-corrected chi connectivity index (χ1v) is 8.76. The molecule has 0 saturated heterocycles. The van der Waals surface area contributed by atoms with Crippen molar-refractivity contribution < 1.29 is 19.1 Å². The zero-order valence-electron chi connectivity index (χ0n) is 16.2. The van der Waals surface area contributed by atoms with Gasteiger partial charge in [0.15, 0.2) is 18.1 Å². The molecule has 0 atom stereocenters. The molecular weight excluding hydrogens is 344 g/mol. The number of benzene rings is 2. The monoisotopic (exact) mass is 370 g/mol. The highest BCUT2D eigenvalue weighted by molar-refractivity contribution is 5.79. The highest BCUT2D eigenvalue weighted by atomic mass is 16.6. The summed E-state index contributed by atoms with van der Waals surface area (Å²) in [7, 11) is 3.15. The summed E-state index contributed by atoms with van der Waals surface area (Å²) in [5, 5.41) is 6.61. The molecule has 0 aliphatic carbocycles. The van der Waals surface area contributed by atoms with Crippen LogP contribution in [0.15, 0.2) is 47.6 Å². The van der Waals surface area contributed by atoms with Gasteiger partial charge in [-0.25, -0.2) is 0 Å². The van der Waals surface area contributed by atoms with Crippen LogP contribution in [0, 0.1) is 0 Å². The fourth-order valence-electron chi connectivity index (χ4n) is 2.40. The van der Waals surface area contributed by atoms with E-state index in [1.54, 1.807) is 26.5 Å². The van der Waals surface area contributed by atoms with Crippen LogP contribution in [0.25, 0.3) is 0 Å². The van der Waals surface area contributed by atoms with Crippen molar-refractivity contribution in [3.8, 4) is 11.5 Å². The molecule has 0 radical (unpaired) electrons. The molecule has 0 heterocycles. The van der Waals surface area contributed by atoms with E-state index in [1.165, 1.54) is 5.56 Å². The lowest BCUT2D eigenvalue weighted by Gasteiger charge is -2.10. The summed E-state index contributed by atoms with van der Waals surface area (Å²) in [5.41, 5.74) is 3.09. The summed E-state index contributed by atoms with van der Waals surface area (Å²) >= 11 is 0. The van der Waals surface area contributed by atoms with Gasteiger partial charge >= 0.3 is 0 Å². The second-order valence-corrected chi connectivity index (χ2v) is 6.30. The van der Waals surface area contributed by atoms with Crippen LogP contribution in [0.4, 0.5) is 0 Å².